The Labute approximate surface area is 206 Å². The van der Waals surface area contributed by atoms with Gasteiger partial charge in [-0.1, -0.05) is 65.3 Å². The van der Waals surface area contributed by atoms with Gasteiger partial charge in [-0.3, -0.25) is 0 Å². The third-order valence-electron chi connectivity index (χ3n) is 7.64. The van der Waals surface area contributed by atoms with Crippen molar-refractivity contribution >= 4 is 17.3 Å². The van der Waals surface area contributed by atoms with Crippen LogP contribution in [0.4, 0.5) is 0 Å². The second-order valence-corrected chi connectivity index (χ2v) is 12.4. The highest BCUT2D eigenvalue weighted by Crippen LogP contribution is 2.47. The molecule has 1 aliphatic carbocycles. The van der Waals surface area contributed by atoms with Crippen molar-refractivity contribution in [2.45, 2.75) is 109 Å². The molecule has 0 fully saturated rings. The van der Waals surface area contributed by atoms with E-state index in [0.717, 1.165) is 19.3 Å². The lowest BCUT2D eigenvalue weighted by Gasteiger charge is -2.42. The molecule has 2 unspecified atom stereocenters. The number of nitrogens with one attached hydrogen (secondary N) is 1. The summed E-state index contributed by atoms with van der Waals surface area (Å²) in [4.78, 5) is 1.50. The number of hydrogen-bond donors (Lipinski definition) is 3. The van der Waals surface area contributed by atoms with Gasteiger partial charge in [0.15, 0.2) is 0 Å². The lowest BCUT2D eigenvalue weighted by atomic mass is 9.63. The van der Waals surface area contributed by atoms with Crippen molar-refractivity contribution in [3.8, 4) is 0 Å². The number of nitrogens with two attached hydrogens (primary N) is 1. The third-order valence-corrected chi connectivity index (χ3v) is 8.72. The van der Waals surface area contributed by atoms with Gasteiger partial charge in [0.2, 0.25) is 0 Å². The minimum absolute atomic E-state index is 0.0452. The second kappa shape index (κ2) is 11.6. The van der Waals surface area contributed by atoms with Gasteiger partial charge < -0.3 is 16.2 Å². The summed E-state index contributed by atoms with van der Waals surface area (Å²) in [6.07, 6.45) is 11.8. The molecular formula is C29H46N2OS. The first-order valence-electron chi connectivity index (χ1n) is 13.0. The van der Waals surface area contributed by atoms with Crippen LogP contribution in [-0.4, -0.2) is 30.3 Å². The molecule has 0 radical (unpaired) electrons. The summed E-state index contributed by atoms with van der Waals surface area (Å²) in [5.41, 5.74) is 12.3. The molecule has 1 aromatic carbocycles. The zero-order chi connectivity index (χ0) is 24.1. The standard InChI is InChI=1S/C29H46N2OS/c1-6-8-24(31-18-23(30)19-32)9-7-10-25-13-11-22(20-33-25)21-12-14-26-27(17-21)29(4,5)16-15-28(26,2)3/h12-14,17,20,23-24,31-32H,6-11,15-16,18-19,30H2,1-5H3. The molecule has 0 saturated carbocycles. The summed E-state index contributed by atoms with van der Waals surface area (Å²) in [5.74, 6) is 0. The van der Waals surface area contributed by atoms with Gasteiger partial charge in [-0.15, -0.1) is 11.8 Å². The van der Waals surface area contributed by atoms with Crippen molar-refractivity contribution in [3.63, 3.8) is 0 Å². The Bertz CT molecular complexity index is 855. The number of hydrogen-bond acceptors (Lipinski definition) is 4. The van der Waals surface area contributed by atoms with Crippen LogP contribution in [0.25, 0.3) is 5.57 Å². The zero-order valence-corrected chi connectivity index (χ0v) is 22.4. The minimum Gasteiger partial charge on any atom is -0.395 e. The van der Waals surface area contributed by atoms with Crippen LogP contribution in [0.15, 0.2) is 34.6 Å². The normalized spacial score (nSPS) is 21.1. The molecule has 0 amide bonds. The maximum atomic E-state index is 9.15. The van der Waals surface area contributed by atoms with Gasteiger partial charge in [-0.2, -0.15) is 0 Å². The fourth-order valence-electron chi connectivity index (χ4n) is 5.20. The molecule has 0 aromatic heterocycles. The van der Waals surface area contributed by atoms with E-state index in [1.807, 2.05) is 11.8 Å². The van der Waals surface area contributed by atoms with Crippen molar-refractivity contribution in [1.82, 2.24) is 5.32 Å². The fraction of sp³-hybridized carbons (Fsp3) is 0.655. The van der Waals surface area contributed by atoms with E-state index >= 15 is 0 Å². The number of thioether (sulfide) groups is 1. The topological polar surface area (TPSA) is 58.3 Å². The number of benzene rings is 1. The molecule has 3 nitrogen and oxygen atoms in total. The van der Waals surface area contributed by atoms with Gasteiger partial charge >= 0.3 is 0 Å². The van der Waals surface area contributed by atoms with Crippen LogP contribution in [0, 0.1) is 0 Å². The summed E-state index contributed by atoms with van der Waals surface area (Å²) < 4.78 is 0. The molecule has 2 atom stereocenters. The lowest BCUT2D eigenvalue weighted by molar-refractivity contribution is 0.256. The Balaban J connectivity index is 1.55. The Kier molecular flexibility index (Phi) is 9.31. The van der Waals surface area contributed by atoms with Crippen molar-refractivity contribution < 1.29 is 5.11 Å². The Morgan fingerprint density at radius 2 is 1.82 bits per heavy atom. The lowest BCUT2D eigenvalue weighted by Crippen LogP contribution is -2.41. The summed E-state index contributed by atoms with van der Waals surface area (Å²) in [7, 11) is 0. The van der Waals surface area contributed by atoms with Gasteiger partial charge in [0, 0.05) is 18.6 Å². The number of aliphatic hydroxyl groups excluding tert-OH is 1. The average molecular weight is 471 g/mol. The van der Waals surface area contributed by atoms with E-state index in [9.17, 15) is 0 Å². The van der Waals surface area contributed by atoms with Crippen molar-refractivity contribution in [1.29, 1.82) is 0 Å². The van der Waals surface area contributed by atoms with Gasteiger partial charge in [-0.25, -0.2) is 0 Å². The molecule has 0 saturated heterocycles. The van der Waals surface area contributed by atoms with E-state index in [1.165, 1.54) is 53.7 Å². The zero-order valence-electron chi connectivity index (χ0n) is 21.5. The average Bonchev–Trinajstić information content (AvgIpc) is 2.80. The van der Waals surface area contributed by atoms with Crippen LogP contribution >= 0.6 is 11.8 Å². The number of aliphatic hydroxyl groups is 1. The second-order valence-electron chi connectivity index (χ2n) is 11.4. The molecule has 1 aromatic rings. The summed E-state index contributed by atoms with van der Waals surface area (Å²) in [5, 5.41) is 15.1. The summed E-state index contributed by atoms with van der Waals surface area (Å²) >= 11 is 1.92. The number of rotatable bonds is 11. The monoisotopic (exact) mass is 470 g/mol. The molecule has 0 spiro atoms. The maximum Gasteiger partial charge on any atom is 0.0594 e. The van der Waals surface area contributed by atoms with Crippen molar-refractivity contribution in [2.24, 2.45) is 5.73 Å². The molecular weight excluding hydrogens is 424 g/mol. The van der Waals surface area contributed by atoms with E-state index < -0.39 is 0 Å². The quantitative estimate of drug-likeness (QED) is 0.339. The third kappa shape index (κ3) is 6.97. The molecule has 3 rings (SSSR count). The van der Waals surface area contributed by atoms with E-state index in [1.54, 1.807) is 5.56 Å². The van der Waals surface area contributed by atoms with Crippen LogP contribution in [0.1, 0.15) is 103 Å². The first-order chi connectivity index (χ1) is 15.7. The van der Waals surface area contributed by atoms with Crippen LogP contribution < -0.4 is 11.1 Å². The maximum absolute atomic E-state index is 9.15. The van der Waals surface area contributed by atoms with Crippen LogP contribution in [0.2, 0.25) is 0 Å². The van der Waals surface area contributed by atoms with Gasteiger partial charge in [0.25, 0.3) is 0 Å². The smallest absolute Gasteiger partial charge is 0.0594 e. The van der Waals surface area contributed by atoms with Gasteiger partial charge in [0.05, 0.1) is 6.61 Å². The first kappa shape index (κ1) is 26.5. The number of allylic oxidation sites excluding steroid dienone is 3. The van der Waals surface area contributed by atoms with Crippen LogP contribution in [0.3, 0.4) is 0 Å². The van der Waals surface area contributed by atoms with Crippen LogP contribution in [0.5, 0.6) is 0 Å². The van der Waals surface area contributed by atoms with Gasteiger partial charge in [0.1, 0.15) is 0 Å². The highest BCUT2D eigenvalue weighted by molar-refractivity contribution is 8.06. The molecule has 0 bridgehead atoms. The molecule has 2 aliphatic rings. The van der Waals surface area contributed by atoms with Crippen LogP contribution in [-0.2, 0) is 10.8 Å². The molecule has 4 N–H and O–H groups in total. The predicted molar refractivity (Wildman–Crippen MR) is 146 cm³/mol. The van der Waals surface area contributed by atoms with Crippen molar-refractivity contribution in [2.75, 3.05) is 13.2 Å². The van der Waals surface area contributed by atoms with E-state index in [0.29, 0.717) is 12.6 Å². The van der Waals surface area contributed by atoms with E-state index in [-0.39, 0.29) is 23.5 Å². The Morgan fingerprint density at radius 1 is 1.09 bits per heavy atom. The first-order valence-corrected chi connectivity index (χ1v) is 13.8. The number of fused-ring (bicyclic) bond motifs is 1. The molecule has 33 heavy (non-hydrogen) atoms. The SMILES string of the molecule is CCCC(CCCC1=CCC(c2ccc3c(c2)C(C)(C)CCC3(C)C)=CS1)NCC(N)CO. The molecule has 1 heterocycles. The molecule has 184 valence electrons. The largest absolute Gasteiger partial charge is 0.395 e. The highest BCUT2D eigenvalue weighted by Gasteiger charge is 2.37. The molecule has 1 aliphatic heterocycles. The van der Waals surface area contributed by atoms with E-state index in [2.05, 4.69) is 69.6 Å². The Hall–Kier alpha value is -1.07. The fourth-order valence-corrected chi connectivity index (χ4v) is 6.17. The minimum atomic E-state index is -0.162. The highest BCUT2D eigenvalue weighted by atomic mass is 32.2. The van der Waals surface area contributed by atoms with E-state index in [4.69, 9.17) is 10.8 Å². The molecule has 4 heteroatoms. The van der Waals surface area contributed by atoms with Crippen molar-refractivity contribution in [3.05, 3.63) is 51.3 Å². The summed E-state index contributed by atoms with van der Waals surface area (Å²) in [6, 6.07) is 7.57. The Morgan fingerprint density at radius 3 is 2.45 bits per heavy atom. The predicted octanol–water partition coefficient (Wildman–Crippen LogP) is 6.65. The van der Waals surface area contributed by atoms with Gasteiger partial charge in [-0.05, 0) is 88.4 Å². The summed E-state index contributed by atoms with van der Waals surface area (Å²) in [6.45, 7) is 12.6.